The number of aromatic hydroxyl groups is 2. The van der Waals surface area contributed by atoms with E-state index in [1.807, 2.05) is 0 Å². The van der Waals surface area contributed by atoms with Crippen molar-refractivity contribution in [2.24, 2.45) is 0 Å². The number of rotatable bonds is 3. The molecule has 0 spiro atoms. The molecule has 92 valence electrons. The predicted octanol–water partition coefficient (Wildman–Crippen LogP) is 1.00. The van der Waals surface area contributed by atoms with Crippen LogP contribution in [0.5, 0.6) is 11.5 Å². The zero-order valence-electron chi connectivity index (χ0n) is 9.51. The number of hydrogen-bond acceptors (Lipinski definition) is 4. The van der Waals surface area contributed by atoms with Gasteiger partial charge in [-0.3, -0.25) is 4.79 Å². The number of carbonyl (C=O) groups is 1. The molecule has 0 unspecified atom stereocenters. The normalized spacial score (nSPS) is 22.9. The highest BCUT2D eigenvalue weighted by atomic mass is 16.5. The van der Waals surface area contributed by atoms with Gasteiger partial charge in [-0.2, -0.15) is 0 Å². The fourth-order valence-electron chi connectivity index (χ4n) is 1.87. The van der Waals surface area contributed by atoms with Crippen molar-refractivity contribution >= 4 is 5.91 Å². The van der Waals surface area contributed by atoms with Crippen LogP contribution in [0.2, 0.25) is 0 Å². The third-order valence-electron chi connectivity index (χ3n) is 2.93. The number of hydrogen-bond donors (Lipinski definition) is 3. The molecule has 0 aliphatic heterocycles. The van der Waals surface area contributed by atoms with Gasteiger partial charge in [-0.25, -0.2) is 0 Å². The summed E-state index contributed by atoms with van der Waals surface area (Å²) < 4.78 is 5.11. The summed E-state index contributed by atoms with van der Waals surface area (Å²) in [5.41, 5.74) is 0.253. The third-order valence-corrected chi connectivity index (χ3v) is 2.93. The van der Waals surface area contributed by atoms with Crippen molar-refractivity contribution < 1.29 is 19.7 Å². The molecule has 5 nitrogen and oxygen atoms in total. The van der Waals surface area contributed by atoms with Gasteiger partial charge in [0.05, 0.1) is 6.10 Å². The first-order valence-electron chi connectivity index (χ1n) is 5.45. The third kappa shape index (κ3) is 2.68. The maximum absolute atomic E-state index is 11.8. The molecule has 2 rings (SSSR count). The van der Waals surface area contributed by atoms with Crippen molar-refractivity contribution in [3.63, 3.8) is 0 Å². The lowest BCUT2D eigenvalue weighted by atomic mass is 9.89. The lowest BCUT2D eigenvalue weighted by Gasteiger charge is -2.34. The van der Waals surface area contributed by atoms with Gasteiger partial charge in [-0.15, -0.1) is 0 Å². The van der Waals surface area contributed by atoms with Crippen LogP contribution in [-0.4, -0.2) is 35.4 Å². The number of carbonyl (C=O) groups excluding carboxylic acids is 1. The van der Waals surface area contributed by atoms with Crippen molar-refractivity contribution in [1.29, 1.82) is 0 Å². The first kappa shape index (κ1) is 11.7. The highest BCUT2D eigenvalue weighted by Crippen LogP contribution is 2.24. The molecule has 1 aliphatic carbocycles. The molecule has 1 amide bonds. The Labute approximate surface area is 99.0 Å². The van der Waals surface area contributed by atoms with Crippen molar-refractivity contribution in [3.05, 3.63) is 23.8 Å². The van der Waals surface area contributed by atoms with Crippen molar-refractivity contribution in [1.82, 2.24) is 5.32 Å². The van der Waals surface area contributed by atoms with Crippen molar-refractivity contribution in [2.75, 3.05) is 7.11 Å². The van der Waals surface area contributed by atoms with Crippen LogP contribution in [-0.2, 0) is 4.74 Å². The number of nitrogens with one attached hydrogen (secondary N) is 1. The first-order valence-corrected chi connectivity index (χ1v) is 5.45. The minimum absolute atomic E-state index is 0.108. The van der Waals surface area contributed by atoms with Gasteiger partial charge in [0.15, 0.2) is 0 Å². The van der Waals surface area contributed by atoms with E-state index in [0.29, 0.717) is 0 Å². The molecule has 1 saturated carbocycles. The van der Waals surface area contributed by atoms with Crippen LogP contribution in [0.1, 0.15) is 23.2 Å². The molecule has 0 atom stereocenters. The predicted molar refractivity (Wildman–Crippen MR) is 61.1 cm³/mol. The van der Waals surface area contributed by atoms with Crippen molar-refractivity contribution in [2.45, 2.75) is 25.0 Å². The summed E-state index contributed by atoms with van der Waals surface area (Å²) in [5, 5.41) is 21.3. The van der Waals surface area contributed by atoms with E-state index in [-0.39, 0.29) is 35.1 Å². The van der Waals surface area contributed by atoms with E-state index in [9.17, 15) is 15.0 Å². The lowest BCUT2D eigenvalue weighted by Crippen LogP contribution is -2.47. The average Bonchev–Trinajstić information content (AvgIpc) is 2.21. The van der Waals surface area contributed by atoms with E-state index < -0.39 is 0 Å². The molecule has 1 fully saturated rings. The summed E-state index contributed by atoms with van der Waals surface area (Å²) in [6.07, 6.45) is 1.82. The van der Waals surface area contributed by atoms with Gasteiger partial charge in [0.25, 0.3) is 5.91 Å². The largest absolute Gasteiger partial charge is 0.508 e. The zero-order valence-corrected chi connectivity index (χ0v) is 9.51. The quantitative estimate of drug-likeness (QED) is 0.733. The SMILES string of the molecule is COC1CC(NC(=O)c2cc(O)cc(O)c2)C1. The molecule has 3 N–H and O–H groups in total. The Bertz CT molecular complexity index is 406. The molecule has 0 heterocycles. The van der Waals surface area contributed by atoms with Crippen molar-refractivity contribution in [3.8, 4) is 11.5 Å². The van der Waals surface area contributed by atoms with Gasteiger partial charge in [0.1, 0.15) is 11.5 Å². The number of amides is 1. The van der Waals surface area contributed by atoms with Gasteiger partial charge < -0.3 is 20.3 Å². The Morgan fingerprint density at radius 2 is 1.88 bits per heavy atom. The zero-order chi connectivity index (χ0) is 12.4. The van der Waals surface area contributed by atoms with Crippen LogP contribution >= 0.6 is 0 Å². The highest BCUT2D eigenvalue weighted by molar-refractivity contribution is 5.95. The summed E-state index contributed by atoms with van der Waals surface area (Å²) >= 11 is 0. The molecular weight excluding hydrogens is 222 g/mol. The van der Waals surface area contributed by atoms with E-state index in [1.165, 1.54) is 18.2 Å². The lowest BCUT2D eigenvalue weighted by molar-refractivity contribution is 0.0176. The summed E-state index contributed by atoms with van der Waals surface area (Å²) in [7, 11) is 1.65. The van der Waals surface area contributed by atoms with E-state index in [0.717, 1.165) is 12.8 Å². The van der Waals surface area contributed by atoms with E-state index in [2.05, 4.69) is 5.32 Å². The van der Waals surface area contributed by atoms with E-state index in [4.69, 9.17) is 4.74 Å². The summed E-state index contributed by atoms with van der Waals surface area (Å²) in [5.74, 6) is -0.548. The molecule has 0 saturated heterocycles. The number of methoxy groups -OCH3 is 1. The molecule has 1 aromatic rings. The minimum Gasteiger partial charge on any atom is -0.508 e. The van der Waals surface area contributed by atoms with Crippen LogP contribution in [0.25, 0.3) is 0 Å². The summed E-state index contributed by atoms with van der Waals surface area (Å²) in [6, 6.07) is 3.93. The van der Waals surface area contributed by atoms with Gasteiger partial charge in [0.2, 0.25) is 0 Å². The summed E-state index contributed by atoms with van der Waals surface area (Å²) in [4.78, 5) is 11.8. The average molecular weight is 237 g/mol. The number of ether oxygens (including phenoxy) is 1. The minimum atomic E-state index is -0.296. The Kier molecular flexibility index (Phi) is 3.19. The Morgan fingerprint density at radius 1 is 1.29 bits per heavy atom. The summed E-state index contributed by atoms with van der Waals surface area (Å²) in [6.45, 7) is 0. The number of phenols is 2. The molecule has 0 bridgehead atoms. The van der Waals surface area contributed by atoms with Gasteiger partial charge in [-0.05, 0) is 25.0 Å². The second-order valence-corrected chi connectivity index (χ2v) is 4.24. The number of phenolic OH excluding ortho intramolecular Hbond substituents is 2. The first-order chi connectivity index (χ1) is 8.08. The molecule has 0 aromatic heterocycles. The second kappa shape index (κ2) is 4.63. The highest BCUT2D eigenvalue weighted by Gasteiger charge is 2.30. The molecule has 0 radical (unpaired) electrons. The van der Waals surface area contributed by atoms with Crippen LogP contribution in [0.15, 0.2) is 18.2 Å². The standard InChI is InChI=1S/C12H15NO4/c1-17-11-4-8(5-11)13-12(16)7-2-9(14)6-10(15)3-7/h2-3,6,8,11,14-15H,4-5H2,1H3,(H,13,16). The molecule has 17 heavy (non-hydrogen) atoms. The molecular formula is C12H15NO4. The number of benzene rings is 1. The maximum atomic E-state index is 11.8. The molecule has 1 aromatic carbocycles. The van der Waals surface area contributed by atoms with E-state index >= 15 is 0 Å². The monoisotopic (exact) mass is 237 g/mol. The Morgan fingerprint density at radius 3 is 2.41 bits per heavy atom. The van der Waals surface area contributed by atoms with Crippen LogP contribution in [0, 0.1) is 0 Å². The topological polar surface area (TPSA) is 78.8 Å². The van der Waals surface area contributed by atoms with Crippen LogP contribution < -0.4 is 5.32 Å². The maximum Gasteiger partial charge on any atom is 0.251 e. The van der Waals surface area contributed by atoms with Gasteiger partial charge in [-0.1, -0.05) is 0 Å². The second-order valence-electron chi connectivity index (χ2n) is 4.24. The molecule has 1 aliphatic rings. The van der Waals surface area contributed by atoms with Gasteiger partial charge in [0, 0.05) is 24.8 Å². The van der Waals surface area contributed by atoms with E-state index in [1.54, 1.807) is 7.11 Å². The fraction of sp³-hybridized carbons (Fsp3) is 0.417. The van der Waals surface area contributed by atoms with Crippen LogP contribution in [0.4, 0.5) is 0 Å². The Hall–Kier alpha value is -1.75. The smallest absolute Gasteiger partial charge is 0.251 e. The van der Waals surface area contributed by atoms with Gasteiger partial charge >= 0.3 is 0 Å². The Balaban J connectivity index is 1.96. The molecule has 5 heteroatoms. The fourth-order valence-corrected chi connectivity index (χ4v) is 1.87. The van der Waals surface area contributed by atoms with Crippen LogP contribution in [0.3, 0.4) is 0 Å².